The Morgan fingerprint density at radius 1 is 1.22 bits per heavy atom. The standard InChI is InChI=1S/C18H23N3O2/c1-12-7-8-13-10-14(17(22)21-16(13)9-12)11-19-18(23)20-15-5-3-2-4-6-15/h7-10,15H,2-6,11H2,1H3,(H,21,22)(H2,19,20,23). The first-order valence-corrected chi connectivity index (χ1v) is 8.29. The van der Waals surface area contributed by atoms with Gasteiger partial charge in [-0.15, -0.1) is 0 Å². The Labute approximate surface area is 135 Å². The zero-order chi connectivity index (χ0) is 16.2. The van der Waals surface area contributed by atoms with Crippen LogP contribution in [0.15, 0.2) is 29.1 Å². The summed E-state index contributed by atoms with van der Waals surface area (Å²) in [6.07, 6.45) is 5.70. The van der Waals surface area contributed by atoms with Gasteiger partial charge in [0.05, 0.1) is 0 Å². The van der Waals surface area contributed by atoms with Gasteiger partial charge < -0.3 is 15.6 Å². The number of carbonyl (C=O) groups is 1. The van der Waals surface area contributed by atoms with Crippen molar-refractivity contribution in [2.24, 2.45) is 0 Å². The summed E-state index contributed by atoms with van der Waals surface area (Å²) in [5.74, 6) is 0. The molecule has 1 aliphatic rings. The molecule has 1 aliphatic carbocycles. The van der Waals surface area contributed by atoms with E-state index in [1.807, 2.05) is 31.2 Å². The van der Waals surface area contributed by atoms with Gasteiger partial charge in [0, 0.05) is 23.7 Å². The predicted molar refractivity (Wildman–Crippen MR) is 91.6 cm³/mol. The minimum Gasteiger partial charge on any atom is -0.335 e. The van der Waals surface area contributed by atoms with Crippen molar-refractivity contribution >= 4 is 16.9 Å². The molecule has 23 heavy (non-hydrogen) atoms. The van der Waals surface area contributed by atoms with Crippen molar-refractivity contribution in [1.82, 2.24) is 15.6 Å². The highest BCUT2D eigenvalue weighted by molar-refractivity contribution is 5.80. The topological polar surface area (TPSA) is 74.0 Å². The quantitative estimate of drug-likeness (QED) is 0.815. The fraction of sp³-hybridized carbons (Fsp3) is 0.444. The van der Waals surface area contributed by atoms with Gasteiger partial charge in [-0.2, -0.15) is 0 Å². The Morgan fingerprint density at radius 3 is 2.78 bits per heavy atom. The number of nitrogens with one attached hydrogen (secondary N) is 3. The lowest BCUT2D eigenvalue weighted by molar-refractivity contribution is 0.232. The van der Waals surface area contributed by atoms with Crippen LogP contribution in [0.25, 0.3) is 10.9 Å². The van der Waals surface area contributed by atoms with Crippen LogP contribution in [0.2, 0.25) is 0 Å². The summed E-state index contributed by atoms with van der Waals surface area (Å²) in [6.45, 7) is 2.22. The third-order valence-electron chi connectivity index (χ3n) is 4.46. The molecule has 0 atom stereocenters. The Balaban J connectivity index is 1.64. The van der Waals surface area contributed by atoms with Gasteiger partial charge in [0.25, 0.3) is 5.56 Å². The van der Waals surface area contributed by atoms with E-state index in [-0.39, 0.29) is 24.2 Å². The molecule has 1 saturated carbocycles. The number of aryl methyl sites for hydroxylation is 1. The number of aromatic nitrogens is 1. The van der Waals surface area contributed by atoms with Crippen LogP contribution in [0, 0.1) is 6.92 Å². The van der Waals surface area contributed by atoms with Crippen molar-refractivity contribution in [3.63, 3.8) is 0 Å². The largest absolute Gasteiger partial charge is 0.335 e. The second kappa shape index (κ2) is 6.86. The minimum absolute atomic E-state index is 0.152. The molecule has 1 fully saturated rings. The van der Waals surface area contributed by atoms with E-state index in [1.54, 1.807) is 0 Å². The summed E-state index contributed by atoms with van der Waals surface area (Å²) in [7, 11) is 0. The summed E-state index contributed by atoms with van der Waals surface area (Å²) in [4.78, 5) is 27.0. The van der Waals surface area contributed by atoms with Gasteiger partial charge >= 0.3 is 6.03 Å². The molecule has 5 heteroatoms. The van der Waals surface area contributed by atoms with Crippen LogP contribution in [0.1, 0.15) is 43.2 Å². The third kappa shape index (κ3) is 3.92. The maximum atomic E-state index is 12.1. The number of aromatic amines is 1. The number of hydrogen-bond donors (Lipinski definition) is 3. The number of urea groups is 1. The van der Waals surface area contributed by atoms with Gasteiger partial charge in [0.15, 0.2) is 0 Å². The number of carbonyl (C=O) groups excluding carboxylic acids is 1. The maximum Gasteiger partial charge on any atom is 0.315 e. The molecule has 0 radical (unpaired) electrons. The molecular weight excluding hydrogens is 290 g/mol. The van der Waals surface area contributed by atoms with Gasteiger partial charge in [-0.05, 0) is 42.8 Å². The van der Waals surface area contributed by atoms with Crippen molar-refractivity contribution in [2.75, 3.05) is 0 Å². The molecule has 1 aromatic carbocycles. The van der Waals surface area contributed by atoms with Crippen LogP contribution in [0.4, 0.5) is 4.79 Å². The molecule has 1 heterocycles. The average molecular weight is 313 g/mol. The van der Waals surface area contributed by atoms with Gasteiger partial charge in [0.2, 0.25) is 0 Å². The van der Waals surface area contributed by atoms with E-state index in [0.717, 1.165) is 29.3 Å². The molecule has 122 valence electrons. The number of rotatable bonds is 3. The van der Waals surface area contributed by atoms with Crippen LogP contribution in [0.3, 0.4) is 0 Å². The van der Waals surface area contributed by atoms with E-state index in [4.69, 9.17) is 0 Å². The molecule has 0 aliphatic heterocycles. The Hall–Kier alpha value is -2.30. The second-order valence-corrected chi connectivity index (χ2v) is 6.38. The number of fused-ring (bicyclic) bond motifs is 1. The van der Waals surface area contributed by atoms with Crippen molar-refractivity contribution in [2.45, 2.75) is 51.6 Å². The lowest BCUT2D eigenvalue weighted by Gasteiger charge is -2.22. The molecule has 0 saturated heterocycles. The fourth-order valence-electron chi connectivity index (χ4n) is 3.15. The van der Waals surface area contributed by atoms with Crippen LogP contribution >= 0.6 is 0 Å². The number of pyridine rings is 1. The van der Waals surface area contributed by atoms with E-state index in [2.05, 4.69) is 15.6 Å². The summed E-state index contributed by atoms with van der Waals surface area (Å²) in [5, 5.41) is 6.76. The van der Waals surface area contributed by atoms with Gasteiger partial charge in [-0.3, -0.25) is 4.79 Å². The van der Waals surface area contributed by atoms with E-state index in [1.165, 1.54) is 19.3 Å². The lowest BCUT2D eigenvalue weighted by Crippen LogP contribution is -2.43. The first-order valence-electron chi connectivity index (χ1n) is 8.29. The maximum absolute atomic E-state index is 12.1. The Kier molecular flexibility index (Phi) is 4.65. The Morgan fingerprint density at radius 2 is 2.00 bits per heavy atom. The van der Waals surface area contributed by atoms with Crippen molar-refractivity contribution < 1.29 is 4.79 Å². The summed E-state index contributed by atoms with van der Waals surface area (Å²) < 4.78 is 0. The highest BCUT2D eigenvalue weighted by Crippen LogP contribution is 2.17. The number of hydrogen-bond acceptors (Lipinski definition) is 2. The minimum atomic E-state index is -0.194. The highest BCUT2D eigenvalue weighted by atomic mass is 16.2. The second-order valence-electron chi connectivity index (χ2n) is 6.38. The summed E-state index contributed by atoms with van der Waals surface area (Å²) >= 11 is 0. The third-order valence-corrected chi connectivity index (χ3v) is 4.46. The molecule has 0 spiro atoms. The van der Waals surface area contributed by atoms with Crippen LogP contribution in [-0.2, 0) is 6.54 Å². The first kappa shape index (κ1) is 15.6. The number of amides is 2. The van der Waals surface area contributed by atoms with Gasteiger partial charge in [-0.25, -0.2) is 4.79 Å². The van der Waals surface area contributed by atoms with Crippen molar-refractivity contribution in [3.05, 3.63) is 45.7 Å². The number of H-pyrrole nitrogens is 1. The highest BCUT2D eigenvalue weighted by Gasteiger charge is 2.15. The molecule has 3 rings (SSSR count). The monoisotopic (exact) mass is 313 g/mol. The molecule has 2 amide bonds. The van der Waals surface area contributed by atoms with Crippen LogP contribution in [-0.4, -0.2) is 17.1 Å². The SMILES string of the molecule is Cc1ccc2cc(CNC(=O)NC3CCCCC3)c(=O)[nH]c2c1. The molecule has 0 unspecified atom stereocenters. The molecule has 5 nitrogen and oxygen atoms in total. The van der Waals surface area contributed by atoms with Crippen molar-refractivity contribution in [1.29, 1.82) is 0 Å². The van der Waals surface area contributed by atoms with E-state index in [9.17, 15) is 9.59 Å². The van der Waals surface area contributed by atoms with Gasteiger partial charge in [0.1, 0.15) is 0 Å². The molecular formula is C18H23N3O2. The fourth-order valence-corrected chi connectivity index (χ4v) is 3.15. The number of benzene rings is 1. The molecule has 2 aromatic rings. The predicted octanol–water partition coefficient (Wildman–Crippen LogP) is 2.97. The van der Waals surface area contributed by atoms with E-state index in [0.29, 0.717) is 5.56 Å². The molecule has 3 N–H and O–H groups in total. The molecule has 1 aromatic heterocycles. The zero-order valence-corrected chi connectivity index (χ0v) is 13.4. The lowest BCUT2D eigenvalue weighted by atomic mass is 9.96. The van der Waals surface area contributed by atoms with Crippen LogP contribution < -0.4 is 16.2 Å². The van der Waals surface area contributed by atoms with Gasteiger partial charge in [-0.1, -0.05) is 31.4 Å². The Bertz CT molecular complexity index is 760. The van der Waals surface area contributed by atoms with Crippen LogP contribution in [0.5, 0.6) is 0 Å². The van der Waals surface area contributed by atoms with E-state index < -0.39 is 0 Å². The average Bonchev–Trinajstić information content (AvgIpc) is 2.54. The van der Waals surface area contributed by atoms with Crippen molar-refractivity contribution in [3.8, 4) is 0 Å². The first-order chi connectivity index (χ1) is 11.1. The normalized spacial score (nSPS) is 15.5. The molecule has 0 bridgehead atoms. The zero-order valence-electron chi connectivity index (χ0n) is 13.4. The summed E-state index contributed by atoms with van der Waals surface area (Å²) in [5.41, 5.74) is 2.34. The van der Waals surface area contributed by atoms with E-state index >= 15 is 0 Å². The summed E-state index contributed by atoms with van der Waals surface area (Å²) in [6, 6.07) is 7.85. The smallest absolute Gasteiger partial charge is 0.315 e.